The van der Waals surface area contributed by atoms with Crippen molar-refractivity contribution in [2.45, 2.75) is 65.1 Å². The fourth-order valence-electron chi connectivity index (χ4n) is 0.630. The van der Waals surface area contributed by atoms with Crippen LogP contribution in [-0.4, -0.2) is 23.5 Å². The maximum Gasteiger partial charge on any atom is 0.131 e. The number of rotatable bonds is 4. The van der Waals surface area contributed by atoms with Crippen molar-refractivity contribution in [2.24, 2.45) is 0 Å². The zero-order valence-electron chi connectivity index (χ0n) is 9.32. The molecular weight excluding hydrogens is 174 g/mol. The monoisotopic (exact) mass is 194 g/mol. The third kappa shape index (κ3) is 4.55. The lowest BCUT2D eigenvalue weighted by molar-refractivity contribution is -0.112. The third-order valence-electron chi connectivity index (χ3n) is 2.34. The lowest BCUT2D eigenvalue weighted by Gasteiger charge is -2.31. The normalized spacial score (nSPS) is 18.5. The summed E-state index contributed by atoms with van der Waals surface area (Å²) in [6.45, 7) is 8.93. The molecular formula is C10H20F2O. The van der Waals surface area contributed by atoms with Crippen LogP contribution in [0.1, 0.15) is 41.5 Å². The van der Waals surface area contributed by atoms with Crippen LogP contribution in [-0.2, 0) is 4.74 Å². The molecule has 80 valence electrons. The van der Waals surface area contributed by atoms with Crippen LogP contribution in [0.3, 0.4) is 0 Å². The fourth-order valence-corrected chi connectivity index (χ4v) is 0.630. The molecule has 0 aliphatic carbocycles. The van der Waals surface area contributed by atoms with Gasteiger partial charge in [0.1, 0.15) is 11.3 Å². The Morgan fingerprint density at radius 2 is 1.08 bits per heavy atom. The van der Waals surface area contributed by atoms with Crippen LogP contribution in [0.2, 0.25) is 0 Å². The van der Waals surface area contributed by atoms with Gasteiger partial charge in [-0.2, -0.15) is 0 Å². The van der Waals surface area contributed by atoms with Gasteiger partial charge in [-0.1, -0.05) is 0 Å². The maximum atomic E-state index is 13.3. The molecule has 0 saturated heterocycles. The van der Waals surface area contributed by atoms with Gasteiger partial charge in [0.15, 0.2) is 0 Å². The maximum absolute atomic E-state index is 13.3. The number of hydrogen-bond acceptors (Lipinski definition) is 1. The average molecular weight is 194 g/mol. The lowest BCUT2D eigenvalue weighted by Crippen LogP contribution is -2.40. The Labute approximate surface area is 79.5 Å². The molecule has 0 N–H and O–H groups in total. The summed E-state index contributed by atoms with van der Waals surface area (Å²) in [7, 11) is 0. The Morgan fingerprint density at radius 3 is 1.23 bits per heavy atom. The molecule has 0 amide bonds. The summed E-state index contributed by atoms with van der Waals surface area (Å²) in [5.41, 5.74) is -2.86. The first kappa shape index (κ1) is 12.8. The molecule has 3 heteroatoms. The van der Waals surface area contributed by atoms with E-state index in [1.54, 1.807) is 13.8 Å². The third-order valence-corrected chi connectivity index (χ3v) is 2.34. The minimum Gasteiger partial charge on any atom is -0.369 e. The fraction of sp³-hybridized carbons (Fsp3) is 1.00. The first-order valence-corrected chi connectivity index (χ1v) is 4.58. The predicted octanol–water partition coefficient (Wildman–Crippen LogP) is 3.28. The van der Waals surface area contributed by atoms with E-state index in [1.165, 1.54) is 27.7 Å². The summed E-state index contributed by atoms with van der Waals surface area (Å²) in [6, 6.07) is 0. The Bertz CT molecular complexity index is 137. The number of ether oxygens (including phenoxy) is 1. The molecule has 13 heavy (non-hydrogen) atoms. The van der Waals surface area contributed by atoms with Gasteiger partial charge >= 0.3 is 0 Å². The molecule has 2 unspecified atom stereocenters. The van der Waals surface area contributed by atoms with Crippen LogP contribution in [0.5, 0.6) is 0 Å². The van der Waals surface area contributed by atoms with Gasteiger partial charge in [0.05, 0.1) is 12.2 Å². The van der Waals surface area contributed by atoms with Crippen molar-refractivity contribution in [1.82, 2.24) is 0 Å². The van der Waals surface area contributed by atoms with Crippen LogP contribution in [0, 0.1) is 0 Å². The minimum absolute atomic E-state index is 0.600. The molecule has 0 saturated carbocycles. The van der Waals surface area contributed by atoms with Crippen LogP contribution in [0.4, 0.5) is 8.78 Å². The van der Waals surface area contributed by atoms with E-state index in [0.29, 0.717) is 0 Å². The van der Waals surface area contributed by atoms with E-state index in [1.807, 2.05) is 0 Å². The molecule has 0 fully saturated rings. The molecule has 0 aliphatic rings. The van der Waals surface area contributed by atoms with Gasteiger partial charge in [-0.05, 0) is 41.5 Å². The topological polar surface area (TPSA) is 9.23 Å². The predicted molar refractivity (Wildman–Crippen MR) is 50.4 cm³/mol. The highest BCUT2D eigenvalue weighted by Gasteiger charge is 2.33. The van der Waals surface area contributed by atoms with E-state index in [9.17, 15) is 8.78 Å². The summed E-state index contributed by atoms with van der Waals surface area (Å²) < 4.78 is 31.8. The molecule has 1 nitrogen and oxygen atoms in total. The van der Waals surface area contributed by atoms with E-state index in [0.717, 1.165) is 0 Å². The Morgan fingerprint density at radius 1 is 0.846 bits per heavy atom. The summed E-state index contributed by atoms with van der Waals surface area (Å²) in [4.78, 5) is 0. The van der Waals surface area contributed by atoms with Gasteiger partial charge in [-0.3, -0.25) is 0 Å². The highest BCUT2D eigenvalue weighted by atomic mass is 19.1. The molecule has 0 rings (SSSR count). The highest BCUT2D eigenvalue weighted by Crippen LogP contribution is 2.24. The van der Waals surface area contributed by atoms with Crippen molar-refractivity contribution in [3.8, 4) is 0 Å². The number of halogens is 2. The van der Waals surface area contributed by atoms with Gasteiger partial charge in [0, 0.05) is 0 Å². The average Bonchev–Trinajstić information content (AvgIpc) is 1.82. The standard InChI is InChI=1S/C10H20F2O/c1-7(9(3,4)11)13-8(2)10(5,6)12/h7-8H,1-6H3. The van der Waals surface area contributed by atoms with Crippen molar-refractivity contribution in [3.05, 3.63) is 0 Å². The summed E-state index contributed by atoms with van der Waals surface area (Å²) in [5, 5.41) is 0. The van der Waals surface area contributed by atoms with Gasteiger partial charge in [0.2, 0.25) is 0 Å². The SMILES string of the molecule is CC(OC(C)C(C)(C)F)C(C)(C)F. The largest absolute Gasteiger partial charge is 0.369 e. The molecule has 0 aromatic heterocycles. The Balaban J connectivity index is 4.15. The van der Waals surface area contributed by atoms with E-state index < -0.39 is 23.5 Å². The van der Waals surface area contributed by atoms with Gasteiger partial charge in [-0.15, -0.1) is 0 Å². The number of hydrogen-bond donors (Lipinski definition) is 0. The van der Waals surface area contributed by atoms with Crippen molar-refractivity contribution >= 4 is 0 Å². The summed E-state index contributed by atoms with van der Waals surface area (Å²) in [5.74, 6) is 0. The zero-order valence-corrected chi connectivity index (χ0v) is 9.32. The quantitative estimate of drug-likeness (QED) is 0.667. The number of alkyl halides is 2. The van der Waals surface area contributed by atoms with Crippen LogP contribution < -0.4 is 0 Å². The summed E-state index contributed by atoms with van der Waals surface area (Å²) >= 11 is 0. The minimum atomic E-state index is -1.43. The zero-order chi connectivity index (χ0) is 10.9. The van der Waals surface area contributed by atoms with Gasteiger partial charge in [-0.25, -0.2) is 8.78 Å². The second-order valence-corrected chi connectivity index (χ2v) is 4.55. The summed E-state index contributed by atoms with van der Waals surface area (Å²) in [6.07, 6.45) is -1.20. The first-order chi connectivity index (χ1) is 5.55. The molecule has 0 heterocycles. The van der Waals surface area contributed by atoms with Crippen molar-refractivity contribution in [2.75, 3.05) is 0 Å². The Hall–Kier alpha value is -0.180. The molecule has 0 aromatic rings. The van der Waals surface area contributed by atoms with Crippen LogP contribution in [0.15, 0.2) is 0 Å². The smallest absolute Gasteiger partial charge is 0.131 e. The van der Waals surface area contributed by atoms with Crippen molar-refractivity contribution < 1.29 is 13.5 Å². The lowest BCUT2D eigenvalue weighted by atomic mass is 10.0. The molecule has 0 spiro atoms. The van der Waals surface area contributed by atoms with Gasteiger partial charge < -0.3 is 4.74 Å². The second kappa shape index (κ2) is 3.91. The second-order valence-electron chi connectivity index (χ2n) is 4.55. The molecule has 0 bridgehead atoms. The molecule has 0 radical (unpaired) electrons. The van der Waals surface area contributed by atoms with Crippen LogP contribution in [0.25, 0.3) is 0 Å². The van der Waals surface area contributed by atoms with Crippen molar-refractivity contribution in [1.29, 1.82) is 0 Å². The van der Waals surface area contributed by atoms with E-state index in [4.69, 9.17) is 4.74 Å². The van der Waals surface area contributed by atoms with E-state index in [-0.39, 0.29) is 0 Å². The first-order valence-electron chi connectivity index (χ1n) is 4.58. The van der Waals surface area contributed by atoms with Gasteiger partial charge in [0.25, 0.3) is 0 Å². The van der Waals surface area contributed by atoms with Crippen molar-refractivity contribution in [3.63, 3.8) is 0 Å². The molecule has 0 aliphatic heterocycles. The Kier molecular flexibility index (Phi) is 3.85. The van der Waals surface area contributed by atoms with E-state index >= 15 is 0 Å². The van der Waals surface area contributed by atoms with E-state index in [2.05, 4.69) is 0 Å². The molecule has 0 aromatic carbocycles. The van der Waals surface area contributed by atoms with Crippen LogP contribution >= 0.6 is 0 Å². The molecule has 2 atom stereocenters. The highest BCUT2D eigenvalue weighted by molar-refractivity contribution is 4.80.